The second-order valence-corrected chi connectivity index (χ2v) is 6.06. The van der Waals surface area contributed by atoms with Crippen LogP contribution in [0.2, 0.25) is 5.02 Å². The van der Waals surface area contributed by atoms with Gasteiger partial charge in [-0.3, -0.25) is 0 Å². The maximum absolute atomic E-state index is 6.27. The van der Waals surface area contributed by atoms with Crippen LogP contribution in [-0.4, -0.2) is 25.8 Å². The Labute approximate surface area is 122 Å². The molecule has 0 saturated carbocycles. The first-order valence-corrected chi connectivity index (χ1v) is 7.60. The quantitative estimate of drug-likeness (QED) is 0.905. The van der Waals surface area contributed by atoms with Gasteiger partial charge in [-0.1, -0.05) is 33.6 Å². The zero-order valence-electron chi connectivity index (χ0n) is 10.6. The normalized spacial score (nSPS) is 21.8. The fourth-order valence-corrected chi connectivity index (χ4v) is 3.18. The van der Waals surface area contributed by atoms with Crippen LogP contribution >= 0.6 is 27.5 Å². The number of hydrogen-bond donors (Lipinski definition) is 1. The van der Waals surface area contributed by atoms with E-state index in [-0.39, 0.29) is 0 Å². The molecule has 2 nitrogen and oxygen atoms in total. The molecule has 18 heavy (non-hydrogen) atoms. The van der Waals surface area contributed by atoms with E-state index < -0.39 is 0 Å². The minimum Gasteiger partial charge on any atom is -0.377 e. The molecule has 4 heteroatoms. The molecule has 1 aromatic carbocycles. The SMILES string of the molecule is CNC(Cc1ccc(Br)cc1Cl)C1CCCCO1. The average molecular weight is 333 g/mol. The molecule has 0 amide bonds. The third-order valence-corrected chi connectivity index (χ3v) is 4.33. The second-order valence-electron chi connectivity index (χ2n) is 4.74. The maximum Gasteiger partial charge on any atom is 0.0731 e. The van der Waals surface area contributed by atoms with Crippen molar-refractivity contribution in [2.24, 2.45) is 0 Å². The van der Waals surface area contributed by atoms with Gasteiger partial charge in [0.2, 0.25) is 0 Å². The predicted molar refractivity (Wildman–Crippen MR) is 79.3 cm³/mol. The summed E-state index contributed by atoms with van der Waals surface area (Å²) in [5.74, 6) is 0. The molecule has 2 atom stereocenters. The van der Waals surface area contributed by atoms with E-state index in [9.17, 15) is 0 Å². The van der Waals surface area contributed by atoms with E-state index in [0.29, 0.717) is 12.1 Å². The Morgan fingerprint density at radius 3 is 2.94 bits per heavy atom. The highest BCUT2D eigenvalue weighted by Gasteiger charge is 2.24. The second kappa shape index (κ2) is 6.90. The Balaban J connectivity index is 2.04. The van der Waals surface area contributed by atoms with E-state index >= 15 is 0 Å². The topological polar surface area (TPSA) is 21.3 Å². The Hall–Kier alpha value is -0.0900. The van der Waals surface area contributed by atoms with Gasteiger partial charge in [0.1, 0.15) is 0 Å². The van der Waals surface area contributed by atoms with Crippen LogP contribution < -0.4 is 5.32 Å². The van der Waals surface area contributed by atoms with Crippen molar-refractivity contribution in [3.05, 3.63) is 33.3 Å². The lowest BCUT2D eigenvalue weighted by molar-refractivity contribution is -0.00586. The van der Waals surface area contributed by atoms with Gasteiger partial charge >= 0.3 is 0 Å². The summed E-state index contributed by atoms with van der Waals surface area (Å²) in [4.78, 5) is 0. The fraction of sp³-hybridized carbons (Fsp3) is 0.571. The van der Waals surface area contributed by atoms with Crippen LogP contribution in [0.1, 0.15) is 24.8 Å². The minimum absolute atomic E-state index is 0.309. The van der Waals surface area contributed by atoms with E-state index in [2.05, 4.69) is 27.3 Å². The molecule has 100 valence electrons. The van der Waals surface area contributed by atoms with E-state index in [1.165, 1.54) is 18.4 Å². The zero-order valence-corrected chi connectivity index (χ0v) is 12.9. The third kappa shape index (κ3) is 3.70. The van der Waals surface area contributed by atoms with E-state index in [1.54, 1.807) is 0 Å². The summed E-state index contributed by atoms with van der Waals surface area (Å²) in [6.45, 7) is 0.886. The molecular weight excluding hydrogens is 314 g/mol. The van der Waals surface area contributed by atoms with Crippen LogP contribution in [0, 0.1) is 0 Å². The highest BCUT2D eigenvalue weighted by Crippen LogP contribution is 2.25. The first kappa shape index (κ1) is 14.3. The molecule has 0 spiro atoms. The highest BCUT2D eigenvalue weighted by molar-refractivity contribution is 9.10. The van der Waals surface area contributed by atoms with Crippen molar-refractivity contribution in [2.45, 2.75) is 37.8 Å². The van der Waals surface area contributed by atoms with Crippen molar-refractivity contribution < 1.29 is 4.74 Å². The summed E-state index contributed by atoms with van der Waals surface area (Å²) >= 11 is 9.70. The average Bonchev–Trinajstić information content (AvgIpc) is 2.39. The Morgan fingerprint density at radius 2 is 2.33 bits per heavy atom. The van der Waals surface area contributed by atoms with Crippen LogP contribution in [0.5, 0.6) is 0 Å². The summed E-state index contributed by atoms with van der Waals surface area (Å²) in [7, 11) is 2.00. The molecule has 2 unspecified atom stereocenters. The molecule has 1 heterocycles. The van der Waals surface area contributed by atoms with Crippen LogP contribution in [0.15, 0.2) is 22.7 Å². The molecule has 0 bridgehead atoms. The van der Waals surface area contributed by atoms with Crippen molar-refractivity contribution >= 4 is 27.5 Å². The van der Waals surface area contributed by atoms with Gasteiger partial charge in [-0.25, -0.2) is 0 Å². The first-order valence-electron chi connectivity index (χ1n) is 6.43. The Morgan fingerprint density at radius 1 is 1.50 bits per heavy atom. The molecule has 1 N–H and O–H groups in total. The van der Waals surface area contributed by atoms with Gasteiger partial charge in [0.05, 0.1) is 6.10 Å². The predicted octanol–water partition coefficient (Wildman–Crippen LogP) is 3.80. The molecule has 1 aliphatic rings. The molecule has 0 aromatic heterocycles. The van der Waals surface area contributed by atoms with E-state index in [4.69, 9.17) is 16.3 Å². The van der Waals surface area contributed by atoms with Crippen LogP contribution in [0.4, 0.5) is 0 Å². The largest absolute Gasteiger partial charge is 0.377 e. The third-order valence-electron chi connectivity index (χ3n) is 3.49. The Bertz CT molecular complexity index is 393. The van der Waals surface area contributed by atoms with Crippen LogP contribution in [0.25, 0.3) is 0 Å². The molecule has 2 rings (SSSR count). The number of rotatable bonds is 4. The van der Waals surface area contributed by atoms with Crippen LogP contribution in [-0.2, 0) is 11.2 Å². The zero-order chi connectivity index (χ0) is 13.0. The van der Waals surface area contributed by atoms with Gasteiger partial charge in [0, 0.05) is 22.1 Å². The number of benzene rings is 1. The maximum atomic E-state index is 6.27. The van der Waals surface area contributed by atoms with Gasteiger partial charge in [0.25, 0.3) is 0 Å². The monoisotopic (exact) mass is 331 g/mol. The van der Waals surface area contributed by atoms with E-state index in [0.717, 1.165) is 28.9 Å². The summed E-state index contributed by atoms with van der Waals surface area (Å²) in [6.07, 6.45) is 4.80. The molecule has 0 radical (unpaired) electrons. The van der Waals surface area contributed by atoms with Gasteiger partial charge in [-0.2, -0.15) is 0 Å². The molecule has 1 fully saturated rings. The lowest BCUT2D eigenvalue weighted by Gasteiger charge is -2.30. The first-order chi connectivity index (χ1) is 8.70. The van der Waals surface area contributed by atoms with E-state index in [1.807, 2.05) is 19.2 Å². The minimum atomic E-state index is 0.309. The molecule has 0 aliphatic carbocycles. The molecular formula is C14H19BrClNO. The van der Waals surface area contributed by atoms with Crippen molar-refractivity contribution in [3.8, 4) is 0 Å². The number of hydrogen-bond acceptors (Lipinski definition) is 2. The summed E-state index contributed by atoms with van der Waals surface area (Å²) in [6, 6.07) is 6.41. The number of nitrogens with one attached hydrogen (secondary N) is 1. The lowest BCUT2D eigenvalue weighted by Crippen LogP contribution is -2.42. The summed E-state index contributed by atoms with van der Waals surface area (Å²) < 4.78 is 6.87. The van der Waals surface area contributed by atoms with Crippen LogP contribution in [0.3, 0.4) is 0 Å². The smallest absolute Gasteiger partial charge is 0.0731 e. The number of halogens is 2. The standard InChI is InChI=1S/C14H19BrClNO/c1-17-13(14-4-2-3-7-18-14)8-10-5-6-11(15)9-12(10)16/h5-6,9,13-14,17H,2-4,7-8H2,1H3. The number of likely N-dealkylation sites (N-methyl/N-ethyl adjacent to an activating group) is 1. The molecule has 1 aliphatic heterocycles. The number of ether oxygens (including phenoxy) is 1. The van der Waals surface area contributed by atoms with Gasteiger partial charge in [-0.15, -0.1) is 0 Å². The Kier molecular flexibility index (Phi) is 5.49. The van der Waals surface area contributed by atoms with Crippen molar-refractivity contribution in [3.63, 3.8) is 0 Å². The molecule has 1 aromatic rings. The fourth-order valence-electron chi connectivity index (χ4n) is 2.43. The van der Waals surface area contributed by atoms with Crippen molar-refractivity contribution in [2.75, 3.05) is 13.7 Å². The van der Waals surface area contributed by atoms with Gasteiger partial charge in [-0.05, 0) is 50.4 Å². The summed E-state index contributed by atoms with van der Waals surface area (Å²) in [5.41, 5.74) is 1.17. The van der Waals surface area contributed by atoms with Crippen molar-refractivity contribution in [1.82, 2.24) is 5.32 Å². The summed E-state index contributed by atoms with van der Waals surface area (Å²) in [5, 5.41) is 4.19. The highest BCUT2D eigenvalue weighted by atomic mass is 79.9. The molecule has 1 saturated heterocycles. The van der Waals surface area contributed by atoms with Crippen molar-refractivity contribution in [1.29, 1.82) is 0 Å². The van der Waals surface area contributed by atoms with Gasteiger partial charge in [0.15, 0.2) is 0 Å². The lowest BCUT2D eigenvalue weighted by atomic mass is 9.96. The van der Waals surface area contributed by atoms with Gasteiger partial charge < -0.3 is 10.1 Å².